The number of aromatic nitrogens is 1. The second kappa shape index (κ2) is 14.4. The number of nitriles is 1. The van der Waals surface area contributed by atoms with Gasteiger partial charge in [-0.1, -0.05) is 58.2 Å². The van der Waals surface area contributed by atoms with E-state index in [1.165, 1.54) is 5.56 Å². The lowest BCUT2D eigenvalue weighted by Crippen LogP contribution is -2.36. The molecule has 2 N–H and O–H groups in total. The SMILES string of the molecule is C=C(NC)/C(C#N)=C1/C(=C)N(CCOc2ccc(Cl)cc2-c2cc(C)nc3c(C(C)(C)C)csc23)C(C)=N/C1=C/C.C=CO. The molecule has 0 bridgehead atoms. The van der Waals surface area contributed by atoms with E-state index in [0.717, 1.165) is 44.9 Å². The van der Waals surface area contributed by atoms with Gasteiger partial charge in [0.15, 0.2) is 0 Å². The van der Waals surface area contributed by atoms with Gasteiger partial charge in [-0.3, -0.25) is 4.98 Å². The Morgan fingerprint density at radius 1 is 1.25 bits per heavy atom. The van der Waals surface area contributed by atoms with Crippen molar-refractivity contribution in [1.29, 1.82) is 5.26 Å². The summed E-state index contributed by atoms with van der Waals surface area (Å²) in [5, 5.41) is 23.1. The molecule has 0 unspecified atom stereocenters. The zero-order chi connectivity index (χ0) is 32.8. The molecular weight excluding hydrogens is 590 g/mol. The standard InChI is InChI=1S/C33H36ClN5OS.C2H4O/c1-10-28-30(26(17-35)20(3)36-9)21(4)39(22(5)38-28)13-14-40-29-12-11-23(34)16-24(29)25-15-19(2)37-31-27(33(6,7)8)18-41-32(25)31;1-2-3/h10-12,15-16,18,36H,3-4,13-14H2,1-2,5-9H3;2-3H,1H2/b28-10+,30-26-;. The van der Waals surface area contributed by atoms with Crippen LogP contribution in [0, 0.1) is 18.3 Å². The first-order chi connectivity index (χ1) is 20.8. The molecule has 0 amide bonds. The topological polar surface area (TPSA) is 93.8 Å². The second-order valence-corrected chi connectivity index (χ2v) is 12.4. The number of likely N-dealkylation sites (N-methyl/N-ethyl adjacent to an activating group) is 1. The molecule has 0 saturated heterocycles. The van der Waals surface area contributed by atoms with Gasteiger partial charge in [-0.2, -0.15) is 5.26 Å². The fourth-order valence-corrected chi connectivity index (χ4v) is 6.34. The summed E-state index contributed by atoms with van der Waals surface area (Å²) >= 11 is 8.20. The molecule has 3 heterocycles. The molecule has 0 spiro atoms. The van der Waals surface area contributed by atoms with Gasteiger partial charge >= 0.3 is 0 Å². The average Bonchev–Trinajstić information content (AvgIpc) is 3.41. The lowest BCUT2D eigenvalue weighted by Gasteiger charge is -2.33. The molecule has 1 aromatic carbocycles. The van der Waals surface area contributed by atoms with Crippen molar-refractivity contribution in [2.24, 2.45) is 4.99 Å². The number of rotatable bonds is 7. The monoisotopic (exact) mass is 629 g/mol. The lowest BCUT2D eigenvalue weighted by atomic mass is 9.88. The van der Waals surface area contributed by atoms with Crippen LogP contribution in [0.4, 0.5) is 0 Å². The fraction of sp³-hybridized carbons (Fsp3) is 0.286. The van der Waals surface area contributed by atoms with Crippen molar-refractivity contribution in [2.75, 3.05) is 20.2 Å². The number of hydrogen-bond donors (Lipinski definition) is 2. The largest absolute Gasteiger partial charge is 0.516 e. The van der Waals surface area contributed by atoms with Crippen LogP contribution in [0.15, 0.2) is 95.0 Å². The molecule has 7 nitrogen and oxygen atoms in total. The van der Waals surface area contributed by atoms with Crippen molar-refractivity contribution >= 4 is 39.0 Å². The first kappa shape index (κ1) is 34.2. The summed E-state index contributed by atoms with van der Waals surface area (Å²) in [5.41, 5.74) is 8.11. The van der Waals surface area contributed by atoms with E-state index in [0.29, 0.717) is 46.4 Å². The van der Waals surface area contributed by atoms with Gasteiger partial charge in [-0.25, -0.2) is 4.99 Å². The maximum absolute atomic E-state index is 9.91. The zero-order valence-electron chi connectivity index (χ0n) is 26.5. The van der Waals surface area contributed by atoms with E-state index < -0.39 is 0 Å². The lowest BCUT2D eigenvalue weighted by molar-refractivity contribution is 0.287. The number of ether oxygens (including phenoxy) is 1. The molecule has 1 aliphatic rings. The smallest absolute Gasteiger partial charge is 0.127 e. The van der Waals surface area contributed by atoms with Gasteiger partial charge in [0.2, 0.25) is 0 Å². The number of aliphatic imine (C=N–C) groups is 1. The molecule has 1 aliphatic heterocycles. The third-order valence-corrected chi connectivity index (χ3v) is 8.28. The predicted octanol–water partition coefficient (Wildman–Crippen LogP) is 8.99. The summed E-state index contributed by atoms with van der Waals surface area (Å²) in [6, 6.07) is 10.1. The Morgan fingerprint density at radius 2 is 1.93 bits per heavy atom. The number of halogens is 1. The highest BCUT2D eigenvalue weighted by molar-refractivity contribution is 7.18. The Morgan fingerprint density at radius 3 is 2.52 bits per heavy atom. The Kier molecular flexibility index (Phi) is 11.2. The van der Waals surface area contributed by atoms with E-state index >= 15 is 0 Å². The summed E-state index contributed by atoms with van der Waals surface area (Å²) < 4.78 is 7.53. The maximum atomic E-state index is 9.91. The number of amidine groups is 1. The Bertz CT molecular complexity index is 1730. The van der Waals surface area contributed by atoms with E-state index in [2.05, 4.69) is 63.3 Å². The molecule has 0 aliphatic carbocycles. The minimum absolute atomic E-state index is 0.0225. The van der Waals surface area contributed by atoms with Crippen LogP contribution in [0.3, 0.4) is 0 Å². The highest BCUT2D eigenvalue weighted by Gasteiger charge is 2.27. The van der Waals surface area contributed by atoms with Crippen LogP contribution in [0.1, 0.15) is 45.9 Å². The number of fused-ring (bicyclic) bond motifs is 1. The number of aliphatic hydroxyl groups excluding tert-OH is 1. The molecule has 2 aromatic heterocycles. The van der Waals surface area contributed by atoms with Crippen LogP contribution in [0.25, 0.3) is 21.3 Å². The summed E-state index contributed by atoms with van der Waals surface area (Å²) in [7, 11) is 1.74. The predicted molar refractivity (Wildman–Crippen MR) is 185 cm³/mol. The summed E-state index contributed by atoms with van der Waals surface area (Å²) in [4.78, 5) is 11.6. The molecule has 44 heavy (non-hydrogen) atoms. The molecular formula is C35H40ClN5O2S. The molecule has 0 fully saturated rings. The molecule has 9 heteroatoms. The quantitative estimate of drug-likeness (QED) is 0.200. The molecule has 4 rings (SSSR count). The summed E-state index contributed by atoms with van der Waals surface area (Å²) in [5.74, 6) is 1.51. The minimum atomic E-state index is -0.0225. The fourth-order valence-electron chi connectivity index (χ4n) is 4.90. The highest BCUT2D eigenvalue weighted by atomic mass is 35.5. The van der Waals surface area contributed by atoms with E-state index in [9.17, 15) is 5.26 Å². The van der Waals surface area contributed by atoms with Gasteiger partial charge in [-0.15, -0.1) is 11.3 Å². The number of nitrogens with one attached hydrogen (secondary N) is 1. The molecule has 0 saturated carbocycles. The molecule has 0 radical (unpaired) electrons. The number of benzene rings is 1. The molecule has 3 aromatic rings. The van der Waals surface area contributed by atoms with Gasteiger partial charge in [0.05, 0.1) is 34.3 Å². The maximum Gasteiger partial charge on any atom is 0.127 e. The van der Waals surface area contributed by atoms with Crippen LogP contribution in [-0.2, 0) is 5.41 Å². The van der Waals surface area contributed by atoms with Crippen molar-refractivity contribution < 1.29 is 9.84 Å². The van der Waals surface area contributed by atoms with Crippen LogP contribution in [0.2, 0.25) is 5.02 Å². The number of pyridine rings is 1. The minimum Gasteiger partial charge on any atom is -0.516 e. The number of aryl methyl sites for hydroxylation is 1. The average molecular weight is 630 g/mol. The van der Waals surface area contributed by atoms with Gasteiger partial charge in [-0.05, 0) is 61.4 Å². The number of nitrogens with zero attached hydrogens (tertiary/aromatic N) is 4. The van der Waals surface area contributed by atoms with Gasteiger partial charge in [0.1, 0.15) is 24.3 Å². The van der Waals surface area contributed by atoms with Crippen LogP contribution in [-0.4, -0.2) is 41.0 Å². The van der Waals surface area contributed by atoms with Crippen molar-refractivity contribution in [3.05, 3.63) is 106 Å². The van der Waals surface area contributed by atoms with Crippen LogP contribution >= 0.6 is 22.9 Å². The van der Waals surface area contributed by atoms with E-state index in [-0.39, 0.29) is 5.41 Å². The number of allylic oxidation sites excluding steroid dienone is 2. The number of hydrogen-bond acceptors (Lipinski definition) is 8. The number of aliphatic hydroxyl groups is 1. The van der Waals surface area contributed by atoms with Crippen LogP contribution in [0.5, 0.6) is 5.75 Å². The van der Waals surface area contributed by atoms with E-state index in [1.807, 2.05) is 49.9 Å². The Hall–Kier alpha value is -4.32. The van der Waals surface area contributed by atoms with Crippen LogP contribution < -0.4 is 10.1 Å². The van der Waals surface area contributed by atoms with Gasteiger partial charge in [0, 0.05) is 45.9 Å². The van der Waals surface area contributed by atoms with Crippen molar-refractivity contribution in [3.8, 4) is 22.9 Å². The first-order valence-electron chi connectivity index (χ1n) is 14.1. The second-order valence-electron chi connectivity index (χ2n) is 11.1. The third kappa shape index (κ3) is 7.24. The number of thiophene rings is 1. The van der Waals surface area contributed by atoms with E-state index in [4.69, 9.17) is 31.4 Å². The van der Waals surface area contributed by atoms with Gasteiger partial charge in [0.25, 0.3) is 0 Å². The van der Waals surface area contributed by atoms with Crippen molar-refractivity contribution in [3.63, 3.8) is 0 Å². The zero-order valence-corrected chi connectivity index (χ0v) is 28.1. The van der Waals surface area contributed by atoms with Gasteiger partial charge < -0.3 is 20.1 Å². The van der Waals surface area contributed by atoms with E-state index in [1.54, 1.807) is 18.4 Å². The molecule has 0 atom stereocenters. The summed E-state index contributed by atoms with van der Waals surface area (Å²) in [6.45, 7) is 24.5. The molecule has 230 valence electrons. The van der Waals surface area contributed by atoms with Crippen molar-refractivity contribution in [2.45, 2.75) is 47.0 Å². The Labute approximate surface area is 269 Å². The Balaban J connectivity index is 0.00000169. The third-order valence-electron chi connectivity index (χ3n) is 7.05. The van der Waals surface area contributed by atoms with Crippen molar-refractivity contribution in [1.82, 2.24) is 15.2 Å². The highest BCUT2D eigenvalue weighted by Crippen LogP contribution is 2.42. The first-order valence-corrected chi connectivity index (χ1v) is 15.4. The summed E-state index contributed by atoms with van der Waals surface area (Å²) in [6.07, 6.45) is 2.63. The normalized spacial score (nSPS) is 15.2.